The Bertz CT molecular complexity index is 377. The summed E-state index contributed by atoms with van der Waals surface area (Å²) < 4.78 is 17.9. The number of carbonyl (C=O) groups is 1. The number of ether oxygens (including phenoxy) is 1. The van der Waals surface area contributed by atoms with Crippen LogP contribution in [0.1, 0.15) is 21.5 Å². The van der Waals surface area contributed by atoms with Crippen molar-refractivity contribution >= 4 is 18.6 Å². The summed E-state index contributed by atoms with van der Waals surface area (Å²) in [5, 5.41) is 0. The fraction of sp³-hybridized carbons (Fsp3) is 0.364. The van der Waals surface area contributed by atoms with Crippen molar-refractivity contribution in [3.8, 4) is 0 Å². The van der Waals surface area contributed by atoms with Crippen LogP contribution in [0.25, 0.3) is 0 Å². The molecule has 0 spiro atoms. The molecule has 0 aliphatic carbocycles. The Balaban J connectivity index is 3.13. The minimum Gasteiger partial charge on any atom is -0.465 e. The number of carbonyl (C=O) groups excluding carboxylic acids is 1. The fourth-order valence-electron chi connectivity index (χ4n) is 1.38. The first-order chi connectivity index (χ1) is 7.10. The van der Waals surface area contributed by atoms with E-state index in [1.165, 1.54) is 19.2 Å². The third-order valence-corrected chi connectivity index (χ3v) is 2.44. The highest BCUT2D eigenvalue weighted by molar-refractivity contribution is 7.80. The van der Waals surface area contributed by atoms with Crippen molar-refractivity contribution in [3.63, 3.8) is 0 Å². The molecule has 15 heavy (non-hydrogen) atoms. The molecule has 4 heteroatoms. The highest BCUT2D eigenvalue weighted by Gasteiger charge is 2.14. The summed E-state index contributed by atoms with van der Waals surface area (Å²) in [5.74, 6) is -0.532. The predicted molar refractivity (Wildman–Crippen MR) is 60.0 cm³/mol. The molecular weight excluding hydrogens is 215 g/mol. The Labute approximate surface area is 93.9 Å². The van der Waals surface area contributed by atoms with Crippen LogP contribution in [-0.2, 0) is 11.2 Å². The highest BCUT2D eigenvalue weighted by atomic mass is 32.1. The lowest BCUT2D eigenvalue weighted by Crippen LogP contribution is -2.06. The predicted octanol–water partition coefficient (Wildman–Crippen LogP) is 2.39. The number of hydrogen-bond donors (Lipinski definition) is 1. The lowest BCUT2D eigenvalue weighted by atomic mass is 10.0. The SMILES string of the molecule is COC(=O)c1cc(C)c(CCS)cc1F. The number of hydrogen-bond acceptors (Lipinski definition) is 3. The van der Waals surface area contributed by atoms with Crippen LogP contribution in [-0.4, -0.2) is 18.8 Å². The van der Waals surface area contributed by atoms with Gasteiger partial charge in [0.05, 0.1) is 12.7 Å². The van der Waals surface area contributed by atoms with E-state index in [1.54, 1.807) is 0 Å². The van der Waals surface area contributed by atoms with Crippen LogP contribution in [0.4, 0.5) is 4.39 Å². The van der Waals surface area contributed by atoms with Gasteiger partial charge in [-0.05, 0) is 42.4 Å². The Morgan fingerprint density at radius 1 is 1.53 bits per heavy atom. The quantitative estimate of drug-likeness (QED) is 0.635. The van der Waals surface area contributed by atoms with E-state index in [2.05, 4.69) is 17.4 Å². The number of aryl methyl sites for hydroxylation is 2. The van der Waals surface area contributed by atoms with Crippen molar-refractivity contribution < 1.29 is 13.9 Å². The van der Waals surface area contributed by atoms with Crippen LogP contribution < -0.4 is 0 Å². The van der Waals surface area contributed by atoms with Crippen molar-refractivity contribution in [2.45, 2.75) is 13.3 Å². The topological polar surface area (TPSA) is 26.3 Å². The Morgan fingerprint density at radius 3 is 2.73 bits per heavy atom. The number of thiol groups is 1. The molecule has 0 saturated heterocycles. The Kier molecular flexibility index (Phi) is 4.15. The largest absolute Gasteiger partial charge is 0.465 e. The van der Waals surface area contributed by atoms with Gasteiger partial charge in [-0.3, -0.25) is 0 Å². The van der Waals surface area contributed by atoms with Crippen LogP contribution >= 0.6 is 12.6 Å². The van der Waals surface area contributed by atoms with Gasteiger partial charge in [-0.15, -0.1) is 0 Å². The van der Waals surface area contributed by atoms with Gasteiger partial charge in [0, 0.05) is 0 Å². The third-order valence-electron chi connectivity index (χ3n) is 2.21. The Hall–Kier alpha value is -1.03. The van der Waals surface area contributed by atoms with E-state index in [-0.39, 0.29) is 5.56 Å². The maximum atomic E-state index is 13.5. The first-order valence-electron chi connectivity index (χ1n) is 4.58. The maximum absolute atomic E-state index is 13.5. The molecule has 82 valence electrons. The molecule has 0 bridgehead atoms. The van der Waals surface area contributed by atoms with Gasteiger partial charge < -0.3 is 4.74 Å². The van der Waals surface area contributed by atoms with Crippen LogP contribution in [0.3, 0.4) is 0 Å². The summed E-state index contributed by atoms with van der Waals surface area (Å²) in [6.45, 7) is 1.84. The van der Waals surface area contributed by atoms with E-state index in [1.807, 2.05) is 6.92 Å². The van der Waals surface area contributed by atoms with E-state index in [0.29, 0.717) is 12.2 Å². The molecule has 0 fully saturated rings. The number of methoxy groups -OCH3 is 1. The molecule has 0 N–H and O–H groups in total. The normalized spacial score (nSPS) is 10.1. The molecule has 0 heterocycles. The lowest BCUT2D eigenvalue weighted by molar-refractivity contribution is 0.0595. The van der Waals surface area contributed by atoms with Gasteiger partial charge in [0.15, 0.2) is 0 Å². The van der Waals surface area contributed by atoms with Gasteiger partial charge in [-0.25, -0.2) is 9.18 Å². The van der Waals surface area contributed by atoms with Gasteiger partial charge in [0.25, 0.3) is 0 Å². The average molecular weight is 228 g/mol. The smallest absolute Gasteiger partial charge is 0.340 e. The number of rotatable bonds is 3. The van der Waals surface area contributed by atoms with Gasteiger partial charge in [0.2, 0.25) is 0 Å². The van der Waals surface area contributed by atoms with Crippen molar-refractivity contribution in [3.05, 3.63) is 34.6 Å². The average Bonchev–Trinajstić information content (AvgIpc) is 2.22. The summed E-state index contributed by atoms with van der Waals surface area (Å²) in [7, 11) is 1.23. The molecule has 0 saturated carbocycles. The summed E-state index contributed by atoms with van der Waals surface area (Å²) in [6.07, 6.45) is 0.688. The van der Waals surface area contributed by atoms with Gasteiger partial charge in [-0.2, -0.15) is 12.6 Å². The van der Waals surface area contributed by atoms with Gasteiger partial charge in [-0.1, -0.05) is 0 Å². The van der Waals surface area contributed by atoms with Crippen LogP contribution in [0.5, 0.6) is 0 Å². The fourth-order valence-corrected chi connectivity index (χ4v) is 1.62. The molecule has 0 aliphatic rings. The summed E-state index contributed by atoms with van der Waals surface area (Å²) in [5.41, 5.74) is 1.74. The molecular formula is C11H13FO2S. The zero-order valence-electron chi connectivity index (χ0n) is 8.71. The molecule has 0 radical (unpaired) electrons. The van der Waals surface area contributed by atoms with E-state index in [9.17, 15) is 9.18 Å². The van der Waals surface area contributed by atoms with Gasteiger partial charge >= 0.3 is 5.97 Å². The Morgan fingerprint density at radius 2 is 2.20 bits per heavy atom. The van der Waals surface area contributed by atoms with E-state index >= 15 is 0 Å². The minimum atomic E-state index is -0.645. The van der Waals surface area contributed by atoms with Crippen molar-refractivity contribution in [2.75, 3.05) is 12.9 Å². The number of halogens is 1. The highest BCUT2D eigenvalue weighted by Crippen LogP contribution is 2.17. The zero-order chi connectivity index (χ0) is 11.4. The van der Waals surface area contributed by atoms with Crippen molar-refractivity contribution in [2.24, 2.45) is 0 Å². The summed E-state index contributed by atoms with van der Waals surface area (Å²) >= 11 is 4.08. The zero-order valence-corrected chi connectivity index (χ0v) is 9.61. The molecule has 1 aromatic carbocycles. The van der Waals surface area contributed by atoms with Crippen LogP contribution in [0.15, 0.2) is 12.1 Å². The molecule has 0 aliphatic heterocycles. The maximum Gasteiger partial charge on any atom is 0.340 e. The third kappa shape index (κ3) is 2.72. The lowest BCUT2D eigenvalue weighted by Gasteiger charge is -2.07. The molecule has 0 aromatic heterocycles. The molecule has 1 rings (SSSR count). The van der Waals surface area contributed by atoms with E-state index < -0.39 is 11.8 Å². The van der Waals surface area contributed by atoms with Crippen LogP contribution in [0, 0.1) is 12.7 Å². The molecule has 0 amide bonds. The first-order valence-corrected chi connectivity index (χ1v) is 5.21. The van der Waals surface area contributed by atoms with Gasteiger partial charge in [0.1, 0.15) is 5.82 Å². The minimum absolute atomic E-state index is 0.0158. The summed E-state index contributed by atoms with van der Waals surface area (Å²) in [4.78, 5) is 11.2. The molecule has 2 nitrogen and oxygen atoms in total. The molecule has 0 atom stereocenters. The second-order valence-corrected chi connectivity index (χ2v) is 3.67. The second-order valence-electron chi connectivity index (χ2n) is 3.22. The second kappa shape index (κ2) is 5.16. The van der Waals surface area contributed by atoms with Crippen molar-refractivity contribution in [1.29, 1.82) is 0 Å². The van der Waals surface area contributed by atoms with E-state index in [0.717, 1.165) is 11.1 Å². The molecule has 1 aromatic rings. The summed E-state index contributed by atoms with van der Waals surface area (Å²) in [6, 6.07) is 2.89. The standard InChI is InChI=1S/C11H13FO2S/c1-7-5-9(11(13)14-2)10(12)6-8(7)3-4-15/h5-6,15H,3-4H2,1-2H3. The van der Waals surface area contributed by atoms with Crippen LogP contribution in [0.2, 0.25) is 0 Å². The first kappa shape index (κ1) is 12.0. The van der Waals surface area contributed by atoms with Crippen molar-refractivity contribution in [1.82, 2.24) is 0 Å². The number of esters is 1. The van der Waals surface area contributed by atoms with E-state index in [4.69, 9.17) is 0 Å². The molecule has 0 unspecified atom stereocenters. The monoisotopic (exact) mass is 228 g/mol. The number of benzene rings is 1.